The average Bonchev–Trinajstić information content (AvgIpc) is 3.84. The van der Waals surface area contributed by atoms with E-state index in [1.807, 2.05) is 31.2 Å². The molecular weight excluding hydrogens is 751 g/mol. The van der Waals surface area contributed by atoms with Crippen LogP contribution in [0.1, 0.15) is 71.3 Å². The molecule has 0 bridgehead atoms. The summed E-state index contributed by atoms with van der Waals surface area (Å²) in [4.78, 5) is 97.3. The number of aromatic nitrogens is 1. The van der Waals surface area contributed by atoms with Crippen LogP contribution in [0.5, 0.6) is 0 Å². The van der Waals surface area contributed by atoms with Gasteiger partial charge in [0.05, 0.1) is 6.10 Å². The second-order valence-electron chi connectivity index (χ2n) is 14.9. The summed E-state index contributed by atoms with van der Waals surface area (Å²) in [6.45, 7) is 5.30. The van der Waals surface area contributed by atoms with Crippen molar-refractivity contribution in [1.82, 2.24) is 36.5 Å². The van der Waals surface area contributed by atoms with E-state index in [1.165, 1.54) is 11.8 Å². The van der Waals surface area contributed by atoms with Crippen molar-refractivity contribution in [2.24, 2.45) is 38.8 Å². The molecule has 0 unspecified atom stereocenters. The van der Waals surface area contributed by atoms with Gasteiger partial charge in [-0.25, -0.2) is 0 Å². The molecule has 2 aromatic rings. The Bertz CT molecular complexity index is 1840. The molecule has 15 N–H and O–H groups in total. The second kappa shape index (κ2) is 21.0. The van der Waals surface area contributed by atoms with Crippen LogP contribution in [-0.4, -0.2) is 124 Å². The van der Waals surface area contributed by atoms with Gasteiger partial charge in [0, 0.05) is 43.2 Å². The number of aliphatic imine (C=N–C) groups is 2. The molecule has 2 saturated heterocycles. The first-order chi connectivity index (χ1) is 27.6. The molecule has 0 radical (unpaired) electrons. The Balaban J connectivity index is 1.79. The van der Waals surface area contributed by atoms with Crippen LogP contribution < -0.4 is 49.5 Å². The van der Waals surface area contributed by atoms with Gasteiger partial charge in [-0.1, -0.05) is 38.5 Å². The molecule has 0 aliphatic carbocycles. The SMILES string of the molecule is CC[C@H](C)[C@@H]1NC(=O)[C@H]([C@@H](C)O)NC(=O)[C@H]2CCCN2C(=O)[C@H](Cc2c[nH]c3ccccc23)NC(=O)[C@H](CCCN=C(N)N)NC(=O)[C@@H](CCCN=C(N)N)NC1=O. The van der Waals surface area contributed by atoms with Crippen LogP contribution in [-0.2, 0) is 35.2 Å². The Morgan fingerprint density at radius 2 is 1.33 bits per heavy atom. The van der Waals surface area contributed by atoms with Gasteiger partial charge in [-0.05, 0) is 63.0 Å². The van der Waals surface area contributed by atoms with Crippen LogP contribution in [0.4, 0.5) is 0 Å². The largest absolute Gasteiger partial charge is 0.391 e. The van der Waals surface area contributed by atoms with Crippen molar-refractivity contribution in [3.05, 3.63) is 36.0 Å². The van der Waals surface area contributed by atoms with Gasteiger partial charge in [0.25, 0.3) is 0 Å². The van der Waals surface area contributed by atoms with Crippen molar-refractivity contribution in [2.45, 2.75) is 114 Å². The molecule has 0 saturated carbocycles. The highest BCUT2D eigenvalue weighted by Crippen LogP contribution is 2.24. The average molecular weight is 810 g/mol. The van der Waals surface area contributed by atoms with Gasteiger partial charge in [0.1, 0.15) is 36.3 Å². The van der Waals surface area contributed by atoms with E-state index < -0.39 is 83.7 Å². The van der Waals surface area contributed by atoms with Gasteiger partial charge in [-0.3, -0.25) is 38.8 Å². The molecular formula is C38H59N13O7. The van der Waals surface area contributed by atoms with Crippen molar-refractivity contribution in [3.8, 4) is 0 Å². The summed E-state index contributed by atoms with van der Waals surface area (Å²) in [5.74, 6) is -4.96. The number of aliphatic hydroxyl groups is 1. The summed E-state index contributed by atoms with van der Waals surface area (Å²) >= 11 is 0. The maximum Gasteiger partial charge on any atom is 0.246 e. The molecule has 3 heterocycles. The third kappa shape index (κ3) is 12.0. The Hall–Kier alpha value is -5.92. The van der Waals surface area contributed by atoms with Crippen molar-refractivity contribution in [1.29, 1.82) is 0 Å². The highest BCUT2D eigenvalue weighted by Gasteiger charge is 2.41. The normalized spacial score (nSPS) is 24.9. The van der Waals surface area contributed by atoms with Crippen LogP contribution in [0, 0.1) is 5.92 Å². The minimum atomic E-state index is -1.50. The number of H-pyrrole nitrogens is 1. The summed E-state index contributed by atoms with van der Waals surface area (Å²) in [6.07, 6.45) is 2.07. The van der Waals surface area contributed by atoms with Crippen molar-refractivity contribution < 1.29 is 33.9 Å². The van der Waals surface area contributed by atoms with E-state index in [0.29, 0.717) is 12.8 Å². The second-order valence-corrected chi connectivity index (χ2v) is 14.9. The van der Waals surface area contributed by atoms with Crippen LogP contribution in [0.25, 0.3) is 10.9 Å². The van der Waals surface area contributed by atoms with E-state index >= 15 is 0 Å². The monoisotopic (exact) mass is 809 g/mol. The van der Waals surface area contributed by atoms with E-state index in [2.05, 4.69) is 41.6 Å². The summed E-state index contributed by atoms with van der Waals surface area (Å²) in [5, 5.41) is 25.2. The fourth-order valence-electron chi connectivity index (χ4n) is 7.17. The van der Waals surface area contributed by atoms with E-state index in [9.17, 15) is 33.9 Å². The number of guanidine groups is 2. The zero-order chi connectivity index (χ0) is 42.5. The molecule has 318 valence electrons. The molecule has 2 fully saturated rings. The van der Waals surface area contributed by atoms with Crippen LogP contribution in [0.3, 0.4) is 0 Å². The maximum atomic E-state index is 14.6. The van der Waals surface area contributed by atoms with Gasteiger partial charge < -0.3 is 64.5 Å². The Kier molecular flexibility index (Phi) is 16.2. The molecule has 8 atom stereocenters. The molecule has 58 heavy (non-hydrogen) atoms. The first-order valence-corrected chi connectivity index (χ1v) is 19.8. The van der Waals surface area contributed by atoms with Crippen molar-refractivity contribution in [3.63, 3.8) is 0 Å². The number of para-hydroxylation sites is 1. The number of rotatable bonds is 13. The number of fused-ring (bicyclic) bond motifs is 2. The summed E-state index contributed by atoms with van der Waals surface area (Å²) in [5.41, 5.74) is 23.6. The van der Waals surface area contributed by atoms with Gasteiger partial charge in [-0.2, -0.15) is 0 Å². The predicted molar refractivity (Wildman–Crippen MR) is 217 cm³/mol. The predicted octanol–water partition coefficient (Wildman–Crippen LogP) is -2.33. The summed E-state index contributed by atoms with van der Waals surface area (Å²) in [7, 11) is 0. The number of nitrogens with zero attached hydrogens (tertiary/aromatic N) is 3. The van der Waals surface area contributed by atoms with Gasteiger partial charge in [-0.15, -0.1) is 0 Å². The van der Waals surface area contributed by atoms with E-state index in [1.54, 1.807) is 13.1 Å². The Labute approximate surface area is 337 Å². The minimum Gasteiger partial charge on any atom is -0.391 e. The standard InChI is InChI=1S/C38H59N13O7/c1-4-20(2)29-34(56)47-26(13-8-16-44-38(41)42)31(53)46-25(12-7-15-43-37(39)40)32(54)48-27(18-22-19-45-24-11-6-5-10-23(22)24)36(58)51-17-9-14-28(51)33(55)50-30(21(3)52)35(57)49-29/h5-6,10-11,19-21,25-30,45,52H,4,7-9,12-18H2,1-3H3,(H,46,53)(H,47,56)(H,48,54)(H,49,57)(H,50,55)(H4,39,40,43)(H4,41,42,44)/t20-,21+,25-,26+,27-,28+,29-,30-/m0/s1. The molecule has 6 amide bonds. The number of aromatic amines is 1. The van der Waals surface area contributed by atoms with Crippen LogP contribution >= 0.6 is 0 Å². The number of aliphatic hydroxyl groups excluding tert-OH is 1. The lowest BCUT2D eigenvalue weighted by Gasteiger charge is -2.33. The van der Waals surface area contributed by atoms with E-state index in [-0.39, 0.29) is 70.1 Å². The number of carbonyl (C=O) groups excluding carboxylic acids is 6. The van der Waals surface area contributed by atoms with E-state index in [4.69, 9.17) is 22.9 Å². The van der Waals surface area contributed by atoms with Crippen molar-refractivity contribution in [2.75, 3.05) is 19.6 Å². The molecule has 1 aromatic heterocycles. The lowest BCUT2D eigenvalue weighted by Crippen LogP contribution is -2.63. The summed E-state index contributed by atoms with van der Waals surface area (Å²) < 4.78 is 0. The first-order valence-electron chi connectivity index (χ1n) is 19.8. The minimum absolute atomic E-state index is 0.0211. The highest BCUT2D eigenvalue weighted by molar-refractivity contribution is 5.99. The Morgan fingerprint density at radius 1 is 0.776 bits per heavy atom. The zero-order valence-electron chi connectivity index (χ0n) is 33.3. The lowest BCUT2D eigenvalue weighted by molar-refractivity contribution is -0.143. The molecule has 1 aromatic carbocycles. The topological polar surface area (TPSA) is 331 Å². The van der Waals surface area contributed by atoms with E-state index in [0.717, 1.165) is 16.5 Å². The first kappa shape index (κ1) is 44.8. The number of nitrogens with one attached hydrogen (secondary N) is 6. The number of hydrogen-bond donors (Lipinski definition) is 11. The van der Waals surface area contributed by atoms with Gasteiger partial charge >= 0.3 is 0 Å². The van der Waals surface area contributed by atoms with Gasteiger partial charge in [0.2, 0.25) is 35.4 Å². The summed E-state index contributed by atoms with van der Waals surface area (Å²) in [6, 6.07) is 0.0457. The third-order valence-electron chi connectivity index (χ3n) is 10.6. The highest BCUT2D eigenvalue weighted by atomic mass is 16.3. The smallest absolute Gasteiger partial charge is 0.246 e. The molecule has 20 nitrogen and oxygen atoms in total. The quantitative estimate of drug-likeness (QED) is 0.0579. The number of amides is 6. The molecule has 2 aliphatic heterocycles. The van der Waals surface area contributed by atoms with Crippen LogP contribution in [0.15, 0.2) is 40.4 Å². The third-order valence-corrected chi connectivity index (χ3v) is 10.6. The number of hydrogen-bond acceptors (Lipinski definition) is 9. The zero-order valence-corrected chi connectivity index (χ0v) is 33.3. The number of carbonyl (C=O) groups is 6. The van der Waals surface area contributed by atoms with Crippen molar-refractivity contribution >= 4 is 58.3 Å². The lowest BCUT2D eigenvalue weighted by atomic mass is 9.96. The molecule has 2 aliphatic rings. The number of benzene rings is 1. The maximum absolute atomic E-state index is 14.6. The molecule has 0 spiro atoms. The molecule has 4 rings (SSSR count). The van der Waals surface area contributed by atoms with Crippen LogP contribution in [0.2, 0.25) is 0 Å². The fraction of sp³-hybridized carbons (Fsp3) is 0.579. The Morgan fingerprint density at radius 3 is 1.91 bits per heavy atom. The molecule has 20 heteroatoms. The number of nitrogens with two attached hydrogens (primary N) is 4. The fourth-order valence-corrected chi connectivity index (χ4v) is 7.17. The van der Waals surface area contributed by atoms with Gasteiger partial charge in [0.15, 0.2) is 11.9 Å².